The molecule has 0 unspecified atom stereocenters. The highest BCUT2D eigenvalue weighted by Gasteiger charge is 2.19. The van der Waals surface area contributed by atoms with Crippen molar-refractivity contribution >= 4 is 5.91 Å². The number of benzene rings is 3. The zero-order valence-electron chi connectivity index (χ0n) is 17.2. The van der Waals surface area contributed by atoms with Gasteiger partial charge in [0.25, 0.3) is 5.91 Å². The normalized spacial score (nSPS) is 12.8. The van der Waals surface area contributed by atoms with E-state index in [9.17, 15) is 4.79 Å². The molecule has 0 fully saturated rings. The molecule has 0 heterocycles. The van der Waals surface area contributed by atoms with Gasteiger partial charge in [-0.15, -0.1) is 0 Å². The second kappa shape index (κ2) is 11.9. The van der Waals surface area contributed by atoms with Crippen LogP contribution in [0.5, 0.6) is 0 Å². The fraction of sp³-hybridized carbons (Fsp3) is 0.240. The molecule has 5 heteroatoms. The molecule has 0 saturated heterocycles. The number of hydrogen-bond acceptors (Lipinski definition) is 4. The highest BCUT2D eigenvalue weighted by Crippen LogP contribution is 2.09. The molecular weight excluding hydrogens is 376 g/mol. The van der Waals surface area contributed by atoms with Crippen molar-refractivity contribution < 1.29 is 14.3 Å². The Bertz CT molecular complexity index is 873. The third-order valence-corrected chi connectivity index (χ3v) is 4.71. The second-order valence-corrected chi connectivity index (χ2v) is 7.09. The molecule has 3 aromatic rings. The van der Waals surface area contributed by atoms with E-state index in [0.717, 1.165) is 11.1 Å². The van der Waals surface area contributed by atoms with Gasteiger partial charge in [0.1, 0.15) is 0 Å². The van der Waals surface area contributed by atoms with Gasteiger partial charge < -0.3 is 9.47 Å². The van der Waals surface area contributed by atoms with E-state index in [-0.39, 0.29) is 18.1 Å². The fourth-order valence-electron chi connectivity index (χ4n) is 2.92. The van der Waals surface area contributed by atoms with Gasteiger partial charge in [0.15, 0.2) is 0 Å². The highest BCUT2D eigenvalue weighted by molar-refractivity contribution is 5.93. The molecule has 0 saturated carbocycles. The summed E-state index contributed by atoms with van der Waals surface area (Å²) in [6, 6.07) is 29.0. The van der Waals surface area contributed by atoms with Gasteiger partial charge in [-0.1, -0.05) is 78.9 Å². The molecule has 5 nitrogen and oxygen atoms in total. The summed E-state index contributed by atoms with van der Waals surface area (Å²) >= 11 is 0. The molecule has 0 bridgehead atoms. The van der Waals surface area contributed by atoms with Gasteiger partial charge in [0.05, 0.1) is 32.0 Å². The number of ether oxygens (including phenoxy) is 2. The van der Waals surface area contributed by atoms with Crippen molar-refractivity contribution in [3.63, 3.8) is 0 Å². The fourth-order valence-corrected chi connectivity index (χ4v) is 2.92. The molecule has 156 valence electrons. The maximum atomic E-state index is 12.3. The predicted octanol–water partition coefficient (Wildman–Crippen LogP) is 4.11. The van der Waals surface area contributed by atoms with E-state index in [0.29, 0.717) is 25.4 Å². The molecule has 0 spiro atoms. The van der Waals surface area contributed by atoms with Crippen LogP contribution in [0.25, 0.3) is 0 Å². The van der Waals surface area contributed by atoms with E-state index < -0.39 is 0 Å². The monoisotopic (exact) mass is 404 g/mol. The first-order valence-corrected chi connectivity index (χ1v) is 10.1. The van der Waals surface area contributed by atoms with E-state index in [4.69, 9.17) is 9.47 Å². The minimum Gasteiger partial charge on any atom is -0.374 e. The second-order valence-electron chi connectivity index (χ2n) is 7.09. The van der Waals surface area contributed by atoms with Crippen LogP contribution in [-0.4, -0.2) is 24.7 Å². The summed E-state index contributed by atoms with van der Waals surface area (Å²) in [6.45, 7) is 3.35. The Morgan fingerprint density at radius 3 is 1.93 bits per heavy atom. The summed E-state index contributed by atoms with van der Waals surface area (Å²) in [4.78, 5) is 12.3. The predicted molar refractivity (Wildman–Crippen MR) is 118 cm³/mol. The minimum atomic E-state index is -0.245. The zero-order valence-corrected chi connectivity index (χ0v) is 17.2. The van der Waals surface area contributed by atoms with Gasteiger partial charge in [0.2, 0.25) is 0 Å². The Labute approximate surface area is 178 Å². The van der Waals surface area contributed by atoms with Gasteiger partial charge in [-0.05, 0) is 30.2 Å². The number of nitrogens with one attached hydrogen (secondary N) is 2. The van der Waals surface area contributed by atoms with Crippen LogP contribution in [0.3, 0.4) is 0 Å². The van der Waals surface area contributed by atoms with Crippen LogP contribution in [0.1, 0.15) is 28.4 Å². The quantitative estimate of drug-likeness (QED) is 0.472. The van der Waals surface area contributed by atoms with Gasteiger partial charge in [-0.2, -0.15) is 0 Å². The molecule has 0 aromatic heterocycles. The lowest BCUT2D eigenvalue weighted by molar-refractivity contribution is -0.0461. The molecule has 2 atom stereocenters. The van der Waals surface area contributed by atoms with Crippen molar-refractivity contribution in [2.24, 2.45) is 0 Å². The van der Waals surface area contributed by atoms with Crippen molar-refractivity contribution in [2.45, 2.75) is 32.3 Å². The number of rotatable bonds is 11. The average Bonchev–Trinajstić information content (AvgIpc) is 2.81. The van der Waals surface area contributed by atoms with Crippen LogP contribution < -0.4 is 10.9 Å². The molecule has 3 aromatic carbocycles. The largest absolute Gasteiger partial charge is 0.374 e. The first-order valence-electron chi connectivity index (χ1n) is 10.1. The number of hydrogen-bond donors (Lipinski definition) is 2. The van der Waals surface area contributed by atoms with E-state index in [2.05, 4.69) is 10.9 Å². The van der Waals surface area contributed by atoms with Crippen molar-refractivity contribution in [1.29, 1.82) is 0 Å². The van der Waals surface area contributed by atoms with Crippen LogP contribution in [0, 0.1) is 0 Å². The smallest absolute Gasteiger partial charge is 0.265 e. The van der Waals surface area contributed by atoms with Crippen LogP contribution in [0.15, 0.2) is 91.0 Å². The summed E-state index contributed by atoms with van der Waals surface area (Å²) in [5.41, 5.74) is 8.62. The Morgan fingerprint density at radius 1 is 0.800 bits per heavy atom. The van der Waals surface area contributed by atoms with E-state index >= 15 is 0 Å². The Morgan fingerprint density at radius 2 is 1.33 bits per heavy atom. The maximum Gasteiger partial charge on any atom is 0.265 e. The molecule has 0 aliphatic carbocycles. The van der Waals surface area contributed by atoms with Crippen LogP contribution >= 0.6 is 0 Å². The van der Waals surface area contributed by atoms with Crippen LogP contribution in [0.4, 0.5) is 0 Å². The Balaban J connectivity index is 1.54. The van der Waals surface area contributed by atoms with Crippen molar-refractivity contribution in [2.75, 3.05) is 6.61 Å². The lowest BCUT2D eigenvalue weighted by Gasteiger charge is -2.25. The third kappa shape index (κ3) is 7.12. The summed E-state index contributed by atoms with van der Waals surface area (Å²) in [5, 5.41) is 0. The van der Waals surface area contributed by atoms with Gasteiger partial charge in [0, 0.05) is 5.56 Å². The molecule has 0 aliphatic rings. The lowest BCUT2D eigenvalue weighted by atomic mass is 10.2. The molecule has 30 heavy (non-hydrogen) atoms. The first-order chi connectivity index (χ1) is 14.7. The number of carbonyl (C=O) groups is 1. The van der Waals surface area contributed by atoms with Crippen molar-refractivity contribution in [3.05, 3.63) is 108 Å². The first kappa shape index (κ1) is 21.7. The van der Waals surface area contributed by atoms with Crippen LogP contribution in [0.2, 0.25) is 0 Å². The Hall–Kier alpha value is -2.99. The number of carbonyl (C=O) groups excluding carboxylic acids is 1. The van der Waals surface area contributed by atoms with Crippen LogP contribution in [-0.2, 0) is 22.7 Å². The topological polar surface area (TPSA) is 59.6 Å². The summed E-state index contributed by atoms with van der Waals surface area (Å²) < 4.78 is 12.0. The average molecular weight is 405 g/mol. The zero-order chi connectivity index (χ0) is 21.0. The van der Waals surface area contributed by atoms with Gasteiger partial charge in [-0.25, -0.2) is 5.43 Å². The standard InChI is InChI=1S/C25H28N2O3/c1-20(26-27-25(28)23-15-9-4-10-16-23)24(30-18-22-13-7-3-8-14-22)19-29-17-21-11-5-2-6-12-21/h2-16,20,24,26H,17-19H2,1H3,(H,27,28)/t20-,24+/m0/s1. The summed E-state index contributed by atoms with van der Waals surface area (Å²) in [7, 11) is 0. The molecule has 0 radical (unpaired) electrons. The SMILES string of the molecule is C[C@H](NNC(=O)c1ccccc1)[C@@H](COCc1ccccc1)OCc1ccccc1. The summed E-state index contributed by atoms with van der Waals surface area (Å²) in [5.74, 6) is -0.186. The number of amides is 1. The van der Waals surface area contributed by atoms with E-state index in [1.165, 1.54) is 0 Å². The van der Waals surface area contributed by atoms with Gasteiger partial charge in [-0.3, -0.25) is 10.2 Å². The molecule has 2 N–H and O–H groups in total. The lowest BCUT2D eigenvalue weighted by Crippen LogP contribution is -2.50. The highest BCUT2D eigenvalue weighted by atomic mass is 16.5. The minimum absolute atomic E-state index is 0.155. The molecule has 0 aliphatic heterocycles. The summed E-state index contributed by atoms with van der Waals surface area (Å²) in [6.07, 6.45) is -0.245. The van der Waals surface area contributed by atoms with E-state index in [1.807, 2.05) is 85.8 Å². The molecule has 3 rings (SSSR count). The number of hydrazine groups is 1. The Kier molecular flexibility index (Phi) is 8.60. The van der Waals surface area contributed by atoms with E-state index in [1.54, 1.807) is 12.1 Å². The van der Waals surface area contributed by atoms with Gasteiger partial charge >= 0.3 is 0 Å². The molecule has 1 amide bonds. The maximum absolute atomic E-state index is 12.3. The third-order valence-electron chi connectivity index (χ3n) is 4.71. The molecular formula is C25H28N2O3. The van der Waals surface area contributed by atoms with Crippen molar-refractivity contribution in [3.8, 4) is 0 Å². The van der Waals surface area contributed by atoms with Crippen molar-refractivity contribution in [1.82, 2.24) is 10.9 Å².